The predicted octanol–water partition coefficient (Wildman–Crippen LogP) is 3.12. The molecule has 0 radical (unpaired) electrons. The second-order valence-corrected chi connectivity index (χ2v) is 5.44. The molecular weight excluding hydrogens is 276 g/mol. The van der Waals surface area contributed by atoms with Crippen molar-refractivity contribution in [3.63, 3.8) is 0 Å². The van der Waals surface area contributed by atoms with Gasteiger partial charge in [-0.25, -0.2) is 0 Å². The Morgan fingerprint density at radius 1 is 0.909 bits per heavy atom. The van der Waals surface area contributed by atoms with Gasteiger partial charge in [-0.05, 0) is 49.6 Å². The van der Waals surface area contributed by atoms with Crippen LogP contribution in [-0.4, -0.2) is 11.8 Å². The van der Waals surface area contributed by atoms with Gasteiger partial charge in [0.1, 0.15) is 0 Å². The first-order chi connectivity index (χ1) is 10.5. The molecule has 2 rings (SSSR count). The zero-order valence-corrected chi connectivity index (χ0v) is 13.0. The summed E-state index contributed by atoms with van der Waals surface area (Å²) in [5, 5.41) is 5.32. The van der Waals surface area contributed by atoms with Crippen LogP contribution in [0.3, 0.4) is 0 Å². The largest absolute Gasteiger partial charge is 0.341 e. The van der Waals surface area contributed by atoms with Crippen molar-refractivity contribution in [3.8, 4) is 0 Å². The van der Waals surface area contributed by atoms with E-state index in [0.29, 0.717) is 5.69 Å². The zero-order valence-electron chi connectivity index (χ0n) is 13.0. The number of carbonyl (C=O) groups excluding carboxylic acids is 2. The maximum Gasteiger partial charge on any atom is 0.313 e. The van der Waals surface area contributed by atoms with Crippen molar-refractivity contribution in [2.45, 2.75) is 26.8 Å². The number of benzene rings is 2. The van der Waals surface area contributed by atoms with Gasteiger partial charge in [0.25, 0.3) is 0 Å². The molecule has 1 atom stereocenters. The van der Waals surface area contributed by atoms with Gasteiger partial charge in [-0.2, -0.15) is 0 Å². The van der Waals surface area contributed by atoms with Crippen LogP contribution >= 0.6 is 0 Å². The number of carbonyl (C=O) groups is 2. The zero-order chi connectivity index (χ0) is 16.1. The first kappa shape index (κ1) is 15.8. The van der Waals surface area contributed by atoms with E-state index in [0.717, 1.165) is 16.7 Å². The Labute approximate surface area is 130 Å². The van der Waals surface area contributed by atoms with Gasteiger partial charge in [-0.3, -0.25) is 9.59 Å². The quantitative estimate of drug-likeness (QED) is 0.855. The van der Waals surface area contributed by atoms with Crippen molar-refractivity contribution in [1.82, 2.24) is 5.32 Å². The van der Waals surface area contributed by atoms with Crippen LogP contribution in [0.4, 0.5) is 5.69 Å². The molecule has 0 saturated carbocycles. The van der Waals surface area contributed by atoms with Crippen molar-refractivity contribution < 1.29 is 9.59 Å². The van der Waals surface area contributed by atoms with E-state index in [2.05, 4.69) is 10.6 Å². The molecule has 2 aromatic carbocycles. The van der Waals surface area contributed by atoms with Gasteiger partial charge in [0, 0.05) is 5.69 Å². The van der Waals surface area contributed by atoms with Gasteiger partial charge in [-0.1, -0.05) is 36.4 Å². The summed E-state index contributed by atoms with van der Waals surface area (Å²) in [6.45, 7) is 5.73. The molecule has 0 heterocycles. The predicted molar refractivity (Wildman–Crippen MR) is 87.5 cm³/mol. The monoisotopic (exact) mass is 296 g/mol. The summed E-state index contributed by atoms with van der Waals surface area (Å²) in [6, 6.07) is 15.0. The lowest BCUT2D eigenvalue weighted by Gasteiger charge is -2.14. The summed E-state index contributed by atoms with van der Waals surface area (Å²) in [5.74, 6) is -1.30. The first-order valence-corrected chi connectivity index (χ1v) is 7.21. The van der Waals surface area contributed by atoms with E-state index >= 15 is 0 Å². The molecule has 2 aromatic rings. The SMILES string of the molecule is Cc1cc(C)cc(NC(=O)C(=O)N[C@H](C)c2ccccc2)c1. The van der Waals surface area contributed by atoms with Gasteiger partial charge in [0.2, 0.25) is 0 Å². The van der Waals surface area contributed by atoms with Gasteiger partial charge >= 0.3 is 11.8 Å². The molecule has 0 spiro atoms. The fourth-order valence-electron chi connectivity index (χ4n) is 2.32. The van der Waals surface area contributed by atoms with Crippen LogP contribution in [0.15, 0.2) is 48.5 Å². The molecule has 0 unspecified atom stereocenters. The Balaban J connectivity index is 1.99. The van der Waals surface area contributed by atoms with E-state index < -0.39 is 11.8 Å². The highest BCUT2D eigenvalue weighted by Crippen LogP contribution is 2.14. The number of anilines is 1. The summed E-state index contributed by atoms with van der Waals surface area (Å²) < 4.78 is 0. The summed E-state index contributed by atoms with van der Waals surface area (Å²) in [7, 11) is 0. The molecule has 0 saturated heterocycles. The Kier molecular flexibility index (Phi) is 4.94. The minimum absolute atomic E-state index is 0.223. The number of aryl methyl sites for hydroxylation is 2. The minimum atomic E-state index is -0.659. The standard InChI is InChI=1S/C18H20N2O2/c1-12-9-13(2)11-16(10-12)20-18(22)17(21)19-14(3)15-7-5-4-6-8-15/h4-11,14H,1-3H3,(H,19,21)(H,20,22)/t14-/m1/s1. The van der Waals surface area contributed by atoms with Crippen molar-refractivity contribution in [2.24, 2.45) is 0 Å². The van der Waals surface area contributed by atoms with E-state index in [1.165, 1.54) is 0 Å². The molecule has 0 fully saturated rings. The van der Waals surface area contributed by atoms with Crippen LogP contribution in [-0.2, 0) is 9.59 Å². The number of rotatable bonds is 3. The molecule has 2 N–H and O–H groups in total. The number of hydrogen-bond donors (Lipinski definition) is 2. The molecule has 0 aliphatic heterocycles. The second-order valence-electron chi connectivity index (χ2n) is 5.44. The number of amides is 2. The molecule has 114 valence electrons. The molecule has 0 aliphatic carbocycles. The fourth-order valence-corrected chi connectivity index (χ4v) is 2.32. The Morgan fingerprint density at radius 3 is 2.09 bits per heavy atom. The van der Waals surface area contributed by atoms with E-state index in [9.17, 15) is 9.59 Å². The van der Waals surface area contributed by atoms with Crippen molar-refractivity contribution >= 4 is 17.5 Å². The maximum atomic E-state index is 12.0. The molecule has 22 heavy (non-hydrogen) atoms. The van der Waals surface area contributed by atoms with Crippen molar-refractivity contribution in [2.75, 3.05) is 5.32 Å². The van der Waals surface area contributed by atoms with Gasteiger partial charge in [0.05, 0.1) is 6.04 Å². The highest BCUT2D eigenvalue weighted by molar-refractivity contribution is 6.39. The van der Waals surface area contributed by atoms with E-state index in [-0.39, 0.29) is 6.04 Å². The van der Waals surface area contributed by atoms with Crippen LogP contribution in [0.2, 0.25) is 0 Å². The van der Waals surface area contributed by atoms with Crippen LogP contribution < -0.4 is 10.6 Å². The molecule has 4 heteroatoms. The third-order valence-electron chi connectivity index (χ3n) is 3.33. The van der Waals surface area contributed by atoms with Crippen molar-refractivity contribution in [3.05, 3.63) is 65.2 Å². The summed E-state index contributed by atoms with van der Waals surface area (Å²) in [6.07, 6.45) is 0. The van der Waals surface area contributed by atoms with E-state index in [1.807, 2.05) is 69.3 Å². The van der Waals surface area contributed by atoms with Crippen LogP contribution in [0.25, 0.3) is 0 Å². The third kappa shape index (κ3) is 4.19. The topological polar surface area (TPSA) is 58.2 Å². The fraction of sp³-hybridized carbons (Fsp3) is 0.222. The van der Waals surface area contributed by atoms with Crippen molar-refractivity contribution in [1.29, 1.82) is 0 Å². The summed E-state index contributed by atoms with van der Waals surface area (Å²) >= 11 is 0. The summed E-state index contributed by atoms with van der Waals surface area (Å²) in [5.41, 5.74) is 3.65. The lowest BCUT2D eigenvalue weighted by molar-refractivity contribution is -0.136. The lowest BCUT2D eigenvalue weighted by Crippen LogP contribution is -2.36. The second kappa shape index (κ2) is 6.89. The van der Waals surface area contributed by atoms with Gasteiger partial charge < -0.3 is 10.6 Å². The van der Waals surface area contributed by atoms with E-state index in [4.69, 9.17) is 0 Å². The Bertz CT molecular complexity index is 660. The van der Waals surface area contributed by atoms with Gasteiger partial charge in [-0.15, -0.1) is 0 Å². The Morgan fingerprint density at radius 2 is 1.50 bits per heavy atom. The molecule has 4 nitrogen and oxygen atoms in total. The van der Waals surface area contributed by atoms with Crippen LogP contribution in [0.1, 0.15) is 29.7 Å². The smallest absolute Gasteiger partial charge is 0.313 e. The lowest BCUT2D eigenvalue weighted by atomic mass is 10.1. The van der Waals surface area contributed by atoms with Gasteiger partial charge in [0.15, 0.2) is 0 Å². The Hall–Kier alpha value is -2.62. The molecular formula is C18H20N2O2. The number of hydrogen-bond acceptors (Lipinski definition) is 2. The molecule has 2 amide bonds. The third-order valence-corrected chi connectivity index (χ3v) is 3.33. The molecule has 0 aromatic heterocycles. The highest BCUT2D eigenvalue weighted by atomic mass is 16.2. The average Bonchev–Trinajstić information content (AvgIpc) is 2.46. The minimum Gasteiger partial charge on any atom is -0.341 e. The first-order valence-electron chi connectivity index (χ1n) is 7.21. The highest BCUT2D eigenvalue weighted by Gasteiger charge is 2.17. The normalized spacial score (nSPS) is 11.6. The van der Waals surface area contributed by atoms with Crippen LogP contribution in [0, 0.1) is 13.8 Å². The molecule has 0 bridgehead atoms. The molecule has 0 aliphatic rings. The average molecular weight is 296 g/mol. The number of nitrogens with one attached hydrogen (secondary N) is 2. The maximum absolute atomic E-state index is 12.0. The summed E-state index contributed by atoms with van der Waals surface area (Å²) in [4.78, 5) is 24.0. The van der Waals surface area contributed by atoms with Crippen LogP contribution in [0.5, 0.6) is 0 Å². The van der Waals surface area contributed by atoms with E-state index in [1.54, 1.807) is 0 Å².